The number of fused-ring (bicyclic) bond motifs is 1. The number of hydrogen-bond donors (Lipinski definition) is 12. The highest BCUT2D eigenvalue weighted by Crippen LogP contribution is 2.21. The van der Waals surface area contributed by atoms with Crippen LogP contribution in [0.4, 0.5) is 0 Å². The summed E-state index contributed by atoms with van der Waals surface area (Å²) in [5.41, 5.74) is 4.54. The van der Waals surface area contributed by atoms with Gasteiger partial charge in [0.25, 0.3) is 0 Å². The molecule has 0 spiro atoms. The number of aliphatic hydroxyl groups excluding tert-OH is 2. The minimum atomic E-state index is -2.04. The molecule has 0 radical (unpaired) electrons. The van der Waals surface area contributed by atoms with Gasteiger partial charge in [-0.2, -0.15) is 0 Å². The van der Waals surface area contributed by atoms with Gasteiger partial charge in [0.1, 0.15) is 42.4 Å². The molecule has 0 saturated heterocycles. The van der Waals surface area contributed by atoms with E-state index in [0.717, 1.165) is 6.92 Å². The average molecular weight is 833 g/mol. The molecule has 328 valence electrons. The first-order valence-corrected chi connectivity index (χ1v) is 19.3. The molecular weight excluding hydrogens is 772 g/mol. The zero-order chi connectivity index (χ0) is 44.9. The Hall–Kier alpha value is -5.60. The molecule has 0 aliphatic carbocycles. The highest BCUT2D eigenvalue weighted by atomic mass is 16.4. The van der Waals surface area contributed by atoms with Crippen LogP contribution in [0.5, 0.6) is 0 Å². The third-order valence-corrected chi connectivity index (χ3v) is 9.81. The highest BCUT2D eigenvalue weighted by Gasteiger charge is 2.42. The molecule has 1 aromatic carbocycles. The van der Waals surface area contributed by atoms with Crippen molar-refractivity contribution in [2.75, 3.05) is 0 Å². The summed E-state index contributed by atoms with van der Waals surface area (Å²) in [6.45, 7) is 11.1. The van der Waals surface area contributed by atoms with Gasteiger partial charge in [0.15, 0.2) is 0 Å². The number of aromatic amines is 1. The number of aromatic nitrogens is 1. The zero-order valence-corrected chi connectivity index (χ0v) is 34.6. The molecule has 0 fully saturated rings. The van der Waals surface area contributed by atoms with Gasteiger partial charge >= 0.3 is 5.97 Å². The van der Waals surface area contributed by atoms with E-state index in [2.05, 4.69) is 36.9 Å². The van der Waals surface area contributed by atoms with Crippen molar-refractivity contribution in [1.82, 2.24) is 36.9 Å². The predicted octanol–water partition coefficient (Wildman–Crippen LogP) is -1.80. The Morgan fingerprint density at radius 2 is 1.27 bits per heavy atom. The molecule has 0 aliphatic heterocycles. The van der Waals surface area contributed by atoms with Crippen LogP contribution in [0.25, 0.3) is 10.9 Å². The summed E-state index contributed by atoms with van der Waals surface area (Å²) < 4.78 is 0. The van der Waals surface area contributed by atoms with Crippen LogP contribution in [0.15, 0.2) is 30.5 Å². The largest absolute Gasteiger partial charge is 0.480 e. The van der Waals surface area contributed by atoms with Crippen molar-refractivity contribution in [1.29, 1.82) is 0 Å². The fourth-order valence-corrected chi connectivity index (χ4v) is 6.09. The van der Waals surface area contributed by atoms with Gasteiger partial charge in [-0.3, -0.25) is 33.6 Å². The second-order valence-electron chi connectivity index (χ2n) is 15.6. The Morgan fingerprint density at radius 3 is 1.80 bits per heavy atom. The number of para-hydroxylation sites is 1. The van der Waals surface area contributed by atoms with Crippen molar-refractivity contribution in [2.45, 2.75) is 135 Å². The molecule has 20 heteroatoms. The van der Waals surface area contributed by atoms with E-state index < -0.39 is 120 Å². The molecule has 20 nitrogen and oxygen atoms in total. The number of carbonyl (C=O) groups excluding carboxylic acids is 7. The van der Waals surface area contributed by atoms with Gasteiger partial charge < -0.3 is 63.0 Å². The normalized spacial score (nSPS) is 16.2. The lowest BCUT2D eigenvalue weighted by atomic mass is 9.92. The number of aliphatic hydroxyl groups is 3. The van der Waals surface area contributed by atoms with Crippen molar-refractivity contribution in [3.05, 3.63) is 36.0 Å². The standard InChI is InChI=1S/C39H60N8O12/c1-9-19(4)29(46-33(52)25(14-15-27(40)50)43-36(55)30(20(5)48)42-21(6)49)35(54)47-31(32(51)39(7,8)59)37(56)44-26(34(53)45-28(18(2)3)38(57)58)16-22-17-41-24-13-11-10-12-23(22)24/h10-13,17-20,25-26,28-32,41,48,51,59H,9,14-16H2,1-8H3,(H2,40,50)(H,42,49)(H,43,55)(H,44,56)(H,45,53)(H,46,52)(H,47,54)(H,57,58)/t19-,20-,25-,26-,28-,29-,30-,31-,32+/m0/s1. The second-order valence-corrected chi connectivity index (χ2v) is 15.6. The number of H-pyrrole nitrogens is 1. The molecule has 1 aromatic heterocycles. The van der Waals surface area contributed by atoms with E-state index in [1.165, 1.54) is 20.8 Å². The van der Waals surface area contributed by atoms with Crippen molar-refractivity contribution >= 4 is 58.2 Å². The number of benzene rings is 1. The van der Waals surface area contributed by atoms with Crippen LogP contribution in [0.2, 0.25) is 0 Å². The van der Waals surface area contributed by atoms with E-state index in [1.54, 1.807) is 58.2 Å². The number of nitrogens with one attached hydrogen (secondary N) is 7. The predicted molar refractivity (Wildman–Crippen MR) is 214 cm³/mol. The molecule has 9 atom stereocenters. The lowest BCUT2D eigenvalue weighted by molar-refractivity contribution is -0.144. The van der Waals surface area contributed by atoms with E-state index in [9.17, 15) is 58.8 Å². The third-order valence-electron chi connectivity index (χ3n) is 9.81. The second kappa shape index (κ2) is 22.0. The summed E-state index contributed by atoms with van der Waals surface area (Å²) >= 11 is 0. The zero-order valence-electron chi connectivity index (χ0n) is 34.6. The van der Waals surface area contributed by atoms with Crippen LogP contribution in [0.1, 0.15) is 80.2 Å². The quantitative estimate of drug-likeness (QED) is 0.0591. The minimum absolute atomic E-state index is 0.173. The number of carboxylic acids is 1. The van der Waals surface area contributed by atoms with Crippen LogP contribution in [0, 0.1) is 11.8 Å². The van der Waals surface area contributed by atoms with Gasteiger partial charge in [-0.1, -0.05) is 52.3 Å². The van der Waals surface area contributed by atoms with Crippen LogP contribution in [-0.4, -0.2) is 127 Å². The number of primary amides is 1. The summed E-state index contributed by atoms with van der Waals surface area (Å²) in [7, 11) is 0. The Labute approximate surface area is 342 Å². The molecule has 0 unspecified atom stereocenters. The third kappa shape index (κ3) is 14.6. The number of aliphatic carboxylic acids is 1. The molecule has 0 bridgehead atoms. The molecule has 7 amide bonds. The number of amides is 7. The van der Waals surface area contributed by atoms with Gasteiger partial charge in [-0.15, -0.1) is 0 Å². The Bertz CT molecular complexity index is 1820. The molecule has 0 saturated carbocycles. The first kappa shape index (κ1) is 49.5. The molecule has 2 aromatic rings. The van der Waals surface area contributed by atoms with E-state index in [4.69, 9.17) is 5.73 Å². The lowest BCUT2D eigenvalue weighted by Crippen LogP contribution is -2.65. The van der Waals surface area contributed by atoms with E-state index in [0.29, 0.717) is 16.5 Å². The summed E-state index contributed by atoms with van der Waals surface area (Å²) in [6, 6.07) is -2.17. The maximum absolute atomic E-state index is 14.2. The Kier molecular flexibility index (Phi) is 18.4. The first-order chi connectivity index (χ1) is 27.4. The summed E-state index contributed by atoms with van der Waals surface area (Å²) in [5.74, 6) is -9.07. The first-order valence-electron chi connectivity index (χ1n) is 19.3. The topological polar surface area (TPSA) is 331 Å². The van der Waals surface area contributed by atoms with Crippen LogP contribution in [-0.2, 0) is 44.8 Å². The molecular formula is C39H60N8O12. The van der Waals surface area contributed by atoms with Gasteiger partial charge in [-0.25, -0.2) is 4.79 Å². The maximum Gasteiger partial charge on any atom is 0.326 e. The fourth-order valence-electron chi connectivity index (χ4n) is 6.09. The van der Waals surface area contributed by atoms with Gasteiger partial charge in [-0.05, 0) is 50.7 Å². The van der Waals surface area contributed by atoms with Crippen molar-refractivity contribution in [2.24, 2.45) is 17.6 Å². The van der Waals surface area contributed by atoms with Crippen LogP contribution >= 0.6 is 0 Å². The average Bonchev–Trinajstić information content (AvgIpc) is 3.55. The Morgan fingerprint density at radius 1 is 0.746 bits per heavy atom. The smallest absolute Gasteiger partial charge is 0.326 e. The molecule has 59 heavy (non-hydrogen) atoms. The van der Waals surface area contributed by atoms with Crippen LogP contribution in [0.3, 0.4) is 0 Å². The lowest BCUT2D eigenvalue weighted by Gasteiger charge is -2.34. The fraction of sp³-hybridized carbons (Fsp3) is 0.590. The number of carboxylic acid groups (broad SMARTS) is 1. The number of rotatable bonds is 23. The molecule has 13 N–H and O–H groups in total. The highest BCUT2D eigenvalue weighted by molar-refractivity contribution is 5.97. The minimum Gasteiger partial charge on any atom is -0.480 e. The number of nitrogens with two attached hydrogens (primary N) is 1. The SMILES string of the molecule is CC[C@H](C)[C@H](NC(=O)[C@H](CCC(N)=O)NC(=O)[C@@H](NC(C)=O)[C@H](C)O)C(=O)N[C@H](C(=O)N[C@@H](Cc1c[nH]c2ccccc12)C(=O)N[C@H](C(=O)O)C(C)C)[C@@H](O)C(C)(C)O. The summed E-state index contributed by atoms with van der Waals surface area (Å²) in [5, 5.41) is 57.2. The van der Waals surface area contributed by atoms with E-state index in [1.807, 2.05) is 0 Å². The molecule has 2 rings (SSSR count). The van der Waals surface area contributed by atoms with Gasteiger partial charge in [0, 0.05) is 36.9 Å². The number of carbonyl (C=O) groups is 8. The van der Waals surface area contributed by atoms with E-state index >= 15 is 0 Å². The molecule has 0 aliphatic rings. The van der Waals surface area contributed by atoms with Crippen molar-refractivity contribution in [3.63, 3.8) is 0 Å². The number of hydrogen-bond acceptors (Lipinski definition) is 11. The summed E-state index contributed by atoms with van der Waals surface area (Å²) in [6.07, 6.45) is -2.46. The summed E-state index contributed by atoms with van der Waals surface area (Å²) in [4.78, 5) is 107. The monoisotopic (exact) mass is 832 g/mol. The van der Waals surface area contributed by atoms with E-state index in [-0.39, 0.29) is 19.3 Å². The van der Waals surface area contributed by atoms with Gasteiger partial charge in [0.05, 0.1) is 11.7 Å². The van der Waals surface area contributed by atoms with Crippen molar-refractivity contribution in [3.8, 4) is 0 Å². The Balaban J connectivity index is 2.52. The molecule has 1 heterocycles. The maximum atomic E-state index is 14.2. The van der Waals surface area contributed by atoms with Crippen LogP contribution < -0.4 is 37.6 Å². The van der Waals surface area contributed by atoms with Gasteiger partial charge in [0.2, 0.25) is 41.4 Å². The van der Waals surface area contributed by atoms with Crippen molar-refractivity contribution < 1.29 is 58.8 Å².